The molecule has 178 valence electrons. The molecule has 0 amide bonds. The molecule has 0 bridgehead atoms. The summed E-state index contributed by atoms with van der Waals surface area (Å²) in [6.07, 6.45) is 3.42. The summed E-state index contributed by atoms with van der Waals surface area (Å²) in [6.45, 7) is 3.35. The smallest absolute Gasteiger partial charge is 0.150 e. The highest BCUT2D eigenvalue weighted by atomic mass is 19.1. The van der Waals surface area contributed by atoms with Crippen LogP contribution in [0.2, 0.25) is 0 Å². The molecule has 34 heavy (non-hydrogen) atoms. The van der Waals surface area contributed by atoms with E-state index in [0.29, 0.717) is 5.56 Å². The van der Waals surface area contributed by atoms with E-state index >= 15 is 0 Å². The lowest BCUT2D eigenvalue weighted by atomic mass is 9.82. The summed E-state index contributed by atoms with van der Waals surface area (Å²) in [4.78, 5) is 16.1. The van der Waals surface area contributed by atoms with E-state index in [4.69, 9.17) is 4.74 Å². The molecule has 0 saturated carbocycles. The van der Waals surface area contributed by atoms with Crippen molar-refractivity contribution >= 4 is 17.7 Å². The molecule has 1 saturated heterocycles. The van der Waals surface area contributed by atoms with E-state index in [2.05, 4.69) is 9.80 Å². The van der Waals surface area contributed by atoms with Crippen molar-refractivity contribution in [3.8, 4) is 0 Å². The van der Waals surface area contributed by atoms with Crippen molar-refractivity contribution in [2.24, 2.45) is 0 Å². The second kappa shape index (κ2) is 10.9. The number of hydrogen-bond donors (Lipinski definition) is 0. The molecule has 3 aromatic rings. The second-order valence-corrected chi connectivity index (χ2v) is 8.70. The Kier molecular flexibility index (Phi) is 7.70. The van der Waals surface area contributed by atoms with Crippen LogP contribution in [0.5, 0.6) is 0 Å². The van der Waals surface area contributed by atoms with Crippen LogP contribution in [-0.2, 0) is 10.3 Å². The van der Waals surface area contributed by atoms with Gasteiger partial charge < -0.3 is 14.5 Å². The van der Waals surface area contributed by atoms with Crippen LogP contribution in [-0.4, -0.2) is 44.5 Å². The molecule has 4 nitrogen and oxygen atoms in total. The van der Waals surface area contributed by atoms with Gasteiger partial charge in [-0.05, 0) is 79.9 Å². The Morgan fingerprint density at radius 1 is 0.912 bits per heavy atom. The van der Waals surface area contributed by atoms with E-state index < -0.39 is 5.60 Å². The summed E-state index contributed by atoms with van der Waals surface area (Å²) in [5.74, 6) is -0.567. The van der Waals surface area contributed by atoms with Crippen molar-refractivity contribution in [2.75, 3.05) is 38.2 Å². The number of carbonyl (C=O) groups is 1. The summed E-state index contributed by atoms with van der Waals surface area (Å²) in [6, 6.07) is 20.4. The average molecular weight is 465 g/mol. The molecule has 1 aliphatic heterocycles. The number of ether oxygens (including phenoxy) is 1. The summed E-state index contributed by atoms with van der Waals surface area (Å²) in [7, 11) is 1.72. The van der Waals surface area contributed by atoms with E-state index in [-0.39, 0.29) is 11.6 Å². The van der Waals surface area contributed by atoms with Gasteiger partial charge in [-0.3, -0.25) is 4.79 Å². The number of aldehydes is 1. The Labute approximate surface area is 199 Å². The minimum atomic E-state index is -0.442. The molecular weight excluding hydrogens is 434 g/mol. The van der Waals surface area contributed by atoms with Gasteiger partial charge in [0.25, 0.3) is 0 Å². The zero-order valence-corrected chi connectivity index (χ0v) is 19.4. The van der Waals surface area contributed by atoms with Crippen LogP contribution < -0.4 is 4.90 Å². The largest absolute Gasteiger partial charge is 0.373 e. The van der Waals surface area contributed by atoms with Crippen LogP contribution in [0.4, 0.5) is 20.2 Å². The van der Waals surface area contributed by atoms with E-state index in [0.717, 1.165) is 68.7 Å². The molecule has 1 fully saturated rings. The lowest BCUT2D eigenvalue weighted by Gasteiger charge is -2.42. The van der Waals surface area contributed by atoms with Crippen LogP contribution >= 0.6 is 0 Å². The van der Waals surface area contributed by atoms with Crippen molar-refractivity contribution in [3.05, 3.63) is 95.6 Å². The van der Waals surface area contributed by atoms with Gasteiger partial charge in [-0.1, -0.05) is 24.3 Å². The molecule has 6 heteroatoms. The Morgan fingerprint density at radius 3 is 2.00 bits per heavy atom. The average Bonchev–Trinajstić information content (AvgIpc) is 2.88. The number of methoxy groups -OCH3 is 1. The van der Waals surface area contributed by atoms with Gasteiger partial charge in [0, 0.05) is 43.7 Å². The van der Waals surface area contributed by atoms with Crippen LogP contribution in [0.3, 0.4) is 0 Å². The van der Waals surface area contributed by atoms with E-state index in [9.17, 15) is 13.6 Å². The van der Waals surface area contributed by atoms with Gasteiger partial charge in [0.15, 0.2) is 0 Å². The maximum Gasteiger partial charge on any atom is 0.150 e. The SMILES string of the molecule is COC1(c2ccccc2C=O)CCN(CCCN(c2ccc(F)cc2)c2ccc(F)cc2)CC1. The van der Waals surface area contributed by atoms with Gasteiger partial charge in [-0.2, -0.15) is 0 Å². The molecule has 0 unspecified atom stereocenters. The number of anilines is 2. The number of benzene rings is 3. The maximum absolute atomic E-state index is 13.5. The third-order valence-corrected chi connectivity index (χ3v) is 6.77. The minimum absolute atomic E-state index is 0.283. The lowest BCUT2D eigenvalue weighted by molar-refractivity contribution is -0.0626. The predicted octanol–water partition coefficient (Wildman–Crippen LogP) is 5.94. The van der Waals surface area contributed by atoms with Gasteiger partial charge in [0.2, 0.25) is 0 Å². The fraction of sp³-hybridized carbons (Fsp3) is 0.321. The molecule has 0 aromatic heterocycles. The van der Waals surface area contributed by atoms with Crippen LogP contribution in [0.1, 0.15) is 35.2 Å². The summed E-state index contributed by atoms with van der Waals surface area (Å²) in [5.41, 5.74) is 2.95. The predicted molar refractivity (Wildman–Crippen MR) is 131 cm³/mol. The summed E-state index contributed by atoms with van der Waals surface area (Å²) in [5, 5.41) is 0. The van der Waals surface area contributed by atoms with Crippen molar-refractivity contribution in [1.82, 2.24) is 4.90 Å². The lowest BCUT2D eigenvalue weighted by Crippen LogP contribution is -2.44. The third kappa shape index (κ3) is 5.34. The quantitative estimate of drug-likeness (QED) is 0.367. The molecule has 4 rings (SSSR count). The van der Waals surface area contributed by atoms with Gasteiger partial charge in [-0.25, -0.2) is 8.78 Å². The van der Waals surface area contributed by atoms with Gasteiger partial charge in [0.05, 0.1) is 5.60 Å². The molecule has 0 atom stereocenters. The number of rotatable bonds is 9. The standard InChI is InChI=1S/C28H30F2N2O2/c1-34-28(27-6-3-2-5-22(27)21-33)15-19-31(20-16-28)17-4-18-32(25-11-7-23(29)8-12-25)26-13-9-24(30)10-14-26/h2-3,5-14,21H,4,15-20H2,1H3. The van der Waals surface area contributed by atoms with Gasteiger partial charge >= 0.3 is 0 Å². The highest BCUT2D eigenvalue weighted by Gasteiger charge is 2.37. The molecule has 0 radical (unpaired) electrons. The second-order valence-electron chi connectivity index (χ2n) is 8.70. The number of halogens is 2. The fourth-order valence-corrected chi connectivity index (χ4v) is 4.84. The van der Waals surface area contributed by atoms with Crippen molar-refractivity contribution in [3.63, 3.8) is 0 Å². The number of piperidine rings is 1. The molecular formula is C28H30F2N2O2. The minimum Gasteiger partial charge on any atom is -0.373 e. The number of nitrogens with zero attached hydrogens (tertiary/aromatic N) is 2. The molecule has 3 aromatic carbocycles. The highest BCUT2D eigenvalue weighted by Crippen LogP contribution is 2.37. The number of likely N-dealkylation sites (tertiary alicyclic amines) is 1. The first-order valence-electron chi connectivity index (χ1n) is 11.7. The van der Waals surface area contributed by atoms with Gasteiger partial charge in [0.1, 0.15) is 17.9 Å². The first-order chi connectivity index (χ1) is 16.5. The third-order valence-electron chi connectivity index (χ3n) is 6.77. The van der Waals surface area contributed by atoms with Crippen LogP contribution in [0, 0.1) is 11.6 Å². The van der Waals surface area contributed by atoms with Crippen molar-refractivity contribution < 1.29 is 18.3 Å². The monoisotopic (exact) mass is 464 g/mol. The summed E-state index contributed by atoms with van der Waals surface area (Å²) < 4.78 is 32.9. The molecule has 0 spiro atoms. The molecule has 0 N–H and O–H groups in total. The normalized spacial score (nSPS) is 15.7. The first kappa shape index (κ1) is 24.0. The highest BCUT2D eigenvalue weighted by molar-refractivity contribution is 5.77. The Balaban J connectivity index is 1.39. The van der Waals surface area contributed by atoms with Crippen LogP contribution in [0.25, 0.3) is 0 Å². The Hall–Kier alpha value is -3.09. The number of hydrogen-bond acceptors (Lipinski definition) is 4. The summed E-state index contributed by atoms with van der Waals surface area (Å²) >= 11 is 0. The van der Waals surface area contributed by atoms with Crippen molar-refractivity contribution in [1.29, 1.82) is 0 Å². The van der Waals surface area contributed by atoms with Crippen molar-refractivity contribution in [2.45, 2.75) is 24.9 Å². The molecule has 1 aliphatic rings. The zero-order valence-electron chi connectivity index (χ0n) is 19.4. The number of carbonyl (C=O) groups excluding carboxylic acids is 1. The molecule has 0 aliphatic carbocycles. The van der Waals surface area contributed by atoms with Gasteiger partial charge in [-0.15, -0.1) is 0 Å². The van der Waals surface area contributed by atoms with Crippen LogP contribution in [0.15, 0.2) is 72.8 Å². The van der Waals surface area contributed by atoms with E-state index in [1.165, 1.54) is 24.3 Å². The topological polar surface area (TPSA) is 32.8 Å². The van der Waals surface area contributed by atoms with E-state index in [1.54, 1.807) is 31.4 Å². The Bertz CT molecular complexity index is 1030. The molecule has 1 heterocycles. The Morgan fingerprint density at radius 2 is 1.47 bits per heavy atom. The maximum atomic E-state index is 13.5. The fourth-order valence-electron chi connectivity index (χ4n) is 4.84. The van der Waals surface area contributed by atoms with E-state index in [1.807, 2.05) is 24.3 Å². The zero-order chi connectivity index (χ0) is 24.0. The first-order valence-corrected chi connectivity index (χ1v) is 11.7.